The zero-order valence-electron chi connectivity index (χ0n) is 11.8. The van der Waals surface area contributed by atoms with E-state index in [1.54, 1.807) is 0 Å². The third kappa shape index (κ3) is 3.15. The maximum absolute atomic E-state index is 6.21. The quantitative estimate of drug-likeness (QED) is 0.904. The first kappa shape index (κ1) is 13.6. The molecule has 0 aliphatic rings. The first-order chi connectivity index (χ1) is 9.09. The highest BCUT2D eigenvalue weighted by molar-refractivity contribution is 5.38. The second kappa shape index (κ2) is 5.89. The summed E-state index contributed by atoms with van der Waals surface area (Å²) in [5, 5.41) is 0. The molecule has 0 amide bonds. The van der Waals surface area contributed by atoms with E-state index in [0.29, 0.717) is 6.61 Å². The monoisotopic (exact) mass is 255 g/mol. The van der Waals surface area contributed by atoms with Gasteiger partial charge in [-0.15, -0.1) is 0 Å². The van der Waals surface area contributed by atoms with Crippen LogP contribution in [0.4, 0.5) is 0 Å². The van der Waals surface area contributed by atoms with Gasteiger partial charge in [0, 0.05) is 0 Å². The molecule has 1 unspecified atom stereocenters. The highest BCUT2D eigenvalue weighted by Crippen LogP contribution is 2.22. The van der Waals surface area contributed by atoms with Crippen LogP contribution in [0.15, 0.2) is 42.5 Å². The third-order valence-corrected chi connectivity index (χ3v) is 3.56. The molecule has 0 bridgehead atoms. The maximum Gasteiger partial charge on any atom is 0.122 e. The number of rotatable bonds is 4. The van der Waals surface area contributed by atoms with E-state index in [9.17, 15) is 0 Å². The molecule has 0 radical (unpaired) electrons. The molecule has 0 heterocycles. The second-order valence-electron chi connectivity index (χ2n) is 4.97. The first-order valence-electron chi connectivity index (χ1n) is 6.59. The molecule has 0 aromatic heterocycles. The van der Waals surface area contributed by atoms with Crippen LogP contribution in [0.5, 0.6) is 5.75 Å². The molecule has 100 valence electrons. The van der Waals surface area contributed by atoms with E-state index in [4.69, 9.17) is 10.5 Å². The topological polar surface area (TPSA) is 35.2 Å². The smallest absolute Gasteiger partial charge is 0.122 e. The highest BCUT2D eigenvalue weighted by atomic mass is 16.5. The predicted molar refractivity (Wildman–Crippen MR) is 79.5 cm³/mol. The minimum absolute atomic E-state index is 0.0962. The summed E-state index contributed by atoms with van der Waals surface area (Å²) in [6.07, 6.45) is 0. The summed E-state index contributed by atoms with van der Waals surface area (Å²) in [4.78, 5) is 0. The number of aryl methyl sites for hydroxylation is 2. The number of hydrogen-bond acceptors (Lipinski definition) is 2. The van der Waals surface area contributed by atoms with Gasteiger partial charge in [0.15, 0.2) is 0 Å². The molecule has 2 nitrogen and oxygen atoms in total. The normalized spacial score (nSPS) is 12.2. The van der Waals surface area contributed by atoms with E-state index < -0.39 is 0 Å². The van der Waals surface area contributed by atoms with E-state index in [1.165, 1.54) is 16.7 Å². The molecule has 2 heteroatoms. The summed E-state index contributed by atoms with van der Waals surface area (Å²) < 4.78 is 5.86. The van der Waals surface area contributed by atoms with E-state index in [2.05, 4.69) is 39.0 Å². The second-order valence-corrected chi connectivity index (χ2v) is 4.97. The van der Waals surface area contributed by atoms with Crippen LogP contribution in [-0.2, 0) is 0 Å². The van der Waals surface area contributed by atoms with Crippen LogP contribution in [0.3, 0.4) is 0 Å². The fourth-order valence-electron chi connectivity index (χ4n) is 2.15. The van der Waals surface area contributed by atoms with Gasteiger partial charge in [-0.25, -0.2) is 0 Å². The molecule has 1 atom stereocenters. The summed E-state index contributed by atoms with van der Waals surface area (Å²) in [6.45, 7) is 6.73. The molecule has 2 rings (SSSR count). The van der Waals surface area contributed by atoms with Crippen LogP contribution >= 0.6 is 0 Å². The Bertz CT molecular complexity index is 563. The van der Waals surface area contributed by atoms with Gasteiger partial charge in [-0.05, 0) is 49.1 Å². The average Bonchev–Trinajstić information content (AvgIpc) is 2.40. The van der Waals surface area contributed by atoms with Gasteiger partial charge in [0.1, 0.15) is 12.4 Å². The SMILES string of the molecule is Cc1ccccc1C(N)COc1cccc(C)c1C. The largest absolute Gasteiger partial charge is 0.491 e. The van der Waals surface area contributed by atoms with Gasteiger partial charge >= 0.3 is 0 Å². The van der Waals surface area contributed by atoms with Gasteiger partial charge in [-0.3, -0.25) is 0 Å². The number of benzene rings is 2. The van der Waals surface area contributed by atoms with Crippen molar-refractivity contribution in [2.45, 2.75) is 26.8 Å². The number of ether oxygens (including phenoxy) is 1. The van der Waals surface area contributed by atoms with Crippen molar-refractivity contribution in [3.05, 3.63) is 64.7 Å². The van der Waals surface area contributed by atoms with E-state index in [-0.39, 0.29) is 6.04 Å². The van der Waals surface area contributed by atoms with E-state index in [1.807, 2.05) is 24.3 Å². The molecular weight excluding hydrogens is 234 g/mol. The Labute approximate surface area is 115 Å². The Balaban J connectivity index is 2.07. The lowest BCUT2D eigenvalue weighted by Crippen LogP contribution is -2.20. The van der Waals surface area contributed by atoms with Gasteiger partial charge in [-0.2, -0.15) is 0 Å². The summed E-state index contributed by atoms with van der Waals surface area (Å²) in [5.74, 6) is 0.920. The average molecular weight is 255 g/mol. The van der Waals surface area contributed by atoms with Gasteiger partial charge in [-0.1, -0.05) is 36.4 Å². The predicted octanol–water partition coefficient (Wildman–Crippen LogP) is 3.69. The van der Waals surface area contributed by atoms with Crippen LogP contribution in [-0.4, -0.2) is 6.61 Å². The lowest BCUT2D eigenvalue weighted by Gasteiger charge is -2.17. The Morgan fingerprint density at radius 2 is 1.63 bits per heavy atom. The Kier molecular flexibility index (Phi) is 4.23. The van der Waals surface area contributed by atoms with Crippen molar-refractivity contribution in [2.75, 3.05) is 6.61 Å². The fourth-order valence-corrected chi connectivity index (χ4v) is 2.15. The molecule has 0 aliphatic heterocycles. The van der Waals surface area contributed by atoms with Gasteiger partial charge in [0.2, 0.25) is 0 Å². The molecule has 0 saturated heterocycles. The Morgan fingerprint density at radius 3 is 2.37 bits per heavy atom. The minimum Gasteiger partial charge on any atom is -0.491 e. The molecule has 2 aromatic carbocycles. The van der Waals surface area contributed by atoms with Crippen LogP contribution in [0, 0.1) is 20.8 Å². The van der Waals surface area contributed by atoms with Crippen LogP contribution < -0.4 is 10.5 Å². The summed E-state index contributed by atoms with van der Waals surface area (Å²) in [7, 11) is 0. The summed E-state index contributed by atoms with van der Waals surface area (Å²) in [6, 6.07) is 14.2. The fraction of sp³-hybridized carbons (Fsp3) is 0.294. The van der Waals surface area contributed by atoms with Crippen LogP contribution in [0.2, 0.25) is 0 Å². The van der Waals surface area contributed by atoms with Crippen molar-refractivity contribution in [3.8, 4) is 5.75 Å². The summed E-state index contributed by atoms with van der Waals surface area (Å²) >= 11 is 0. The van der Waals surface area contributed by atoms with E-state index >= 15 is 0 Å². The zero-order chi connectivity index (χ0) is 13.8. The number of nitrogens with two attached hydrogens (primary N) is 1. The molecular formula is C17H21NO. The first-order valence-corrected chi connectivity index (χ1v) is 6.59. The van der Waals surface area contributed by atoms with Crippen LogP contribution in [0.1, 0.15) is 28.3 Å². The molecule has 0 spiro atoms. The molecule has 2 N–H and O–H groups in total. The standard InChI is InChI=1S/C17H21NO/c1-12-8-6-10-17(14(12)3)19-11-16(18)15-9-5-4-7-13(15)2/h4-10,16H,11,18H2,1-3H3. The minimum atomic E-state index is -0.0962. The lowest BCUT2D eigenvalue weighted by atomic mass is 10.0. The molecule has 19 heavy (non-hydrogen) atoms. The molecule has 0 aliphatic carbocycles. The third-order valence-electron chi connectivity index (χ3n) is 3.56. The van der Waals surface area contributed by atoms with Crippen molar-refractivity contribution >= 4 is 0 Å². The van der Waals surface area contributed by atoms with Crippen molar-refractivity contribution in [2.24, 2.45) is 5.73 Å². The lowest BCUT2D eigenvalue weighted by molar-refractivity contribution is 0.288. The highest BCUT2D eigenvalue weighted by Gasteiger charge is 2.10. The maximum atomic E-state index is 6.21. The van der Waals surface area contributed by atoms with Crippen molar-refractivity contribution in [3.63, 3.8) is 0 Å². The molecule has 0 fully saturated rings. The van der Waals surface area contributed by atoms with Gasteiger partial charge in [0.05, 0.1) is 6.04 Å². The Morgan fingerprint density at radius 1 is 0.947 bits per heavy atom. The van der Waals surface area contributed by atoms with Crippen molar-refractivity contribution in [1.82, 2.24) is 0 Å². The molecule has 2 aromatic rings. The zero-order valence-corrected chi connectivity index (χ0v) is 11.8. The van der Waals surface area contributed by atoms with Crippen molar-refractivity contribution < 1.29 is 4.74 Å². The van der Waals surface area contributed by atoms with E-state index in [0.717, 1.165) is 11.3 Å². The summed E-state index contributed by atoms with van der Waals surface area (Å²) in [5.41, 5.74) is 11.0. The van der Waals surface area contributed by atoms with Gasteiger partial charge < -0.3 is 10.5 Å². The Hall–Kier alpha value is -1.80. The van der Waals surface area contributed by atoms with Crippen LogP contribution in [0.25, 0.3) is 0 Å². The van der Waals surface area contributed by atoms with Gasteiger partial charge in [0.25, 0.3) is 0 Å². The van der Waals surface area contributed by atoms with Crippen molar-refractivity contribution in [1.29, 1.82) is 0 Å². The number of hydrogen-bond donors (Lipinski definition) is 1. The molecule has 0 saturated carbocycles.